The Balaban J connectivity index is 1.57. The number of ether oxygens (including phenoxy) is 1. The largest absolute Gasteiger partial charge is 0.381 e. The molecule has 0 saturated heterocycles. The molecule has 1 aliphatic carbocycles. The van der Waals surface area contributed by atoms with E-state index in [0.717, 1.165) is 19.8 Å². The van der Waals surface area contributed by atoms with Gasteiger partial charge in [0.25, 0.3) is 0 Å². The van der Waals surface area contributed by atoms with Gasteiger partial charge in [0.2, 0.25) is 0 Å². The van der Waals surface area contributed by atoms with E-state index in [2.05, 4.69) is 23.3 Å². The smallest absolute Gasteiger partial charge is 0.0534 e. The molecule has 0 atom stereocenters. The van der Waals surface area contributed by atoms with Crippen molar-refractivity contribution < 1.29 is 4.74 Å². The van der Waals surface area contributed by atoms with Crippen LogP contribution in [0.1, 0.15) is 30.2 Å². The molecule has 0 amide bonds. The molecule has 1 aromatic heterocycles. The van der Waals surface area contributed by atoms with Gasteiger partial charge in [-0.2, -0.15) is 0 Å². The van der Waals surface area contributed by atoms with Crippen LogP contribution >= 0.6 is 11.3 Å². The molecular formula is C14H21NOS. The molecule has 0 aromatic carbocycles. The van der Waals surface area contributed by atoms with Gasteiger partial charge in [-0.3, -0.25) is 4.90 Å². The zero-order chi connectivity index (χ0) is 11.7. The summed E-state index contributed by atoms with van der Waals surface area (Å²) in [4.78, 5) is 4.23. The molecule has 0 spiro atoms. The molecule has 1 aliphatic heterocycles. The minimum absolute atomic E-state index is 0.504. The van der Waals surface area contributed by atoms with E-state index >= 15 is 0 Å². The van der Waals surface area contributed by atoms with Crippen molar-refractivity contribution in [1.82, 2.24) is 4.90 Å². The number of rotatable bonds is 5. The lowest BCUT2D eigenvalue weighted by Crippen LogP contribution is -2.36. The lowest BCUT2D eigenvalue weighted by atomic mass is 10.0. The second-order valence-corrected chi connectivity index (χ2v) is 6.47. The van der Waals surface area contributed by atoms with Crippen molar-refractivity contribution in [2.75, 3.05) is 26.3 Å². The molecule has 0 radical (unpaired) electrons. The van der Waals surface area contributed by atoms with Gasteiger partial charge in [0, 0.05) is 36.5 Å². The van der Waals surface area contributed by atoms with E-state index < -0.39 is 0 Å². The van der Waals surface area contributed by atoms with Crippen LogP contribution in [-0.4, -0.2) is 31.2 Å². The second-order valence-electron chi connectivity index (χ2n) is 5.47. The first-order valence-corrected chi connectivity index (χ1v) is 7.55. The highest BCUT2D eigenvalue weighted by Gasteiger charge is 2.44. The van der Waals surface area contributed by atoms with Gasteiger partial charge in [-0.05, 0) is 43.2 Å². The monoisotopic (exact) mass is 251 g/mol. The van der Waals surface area contributed by atoms with Crippen LogP contribution in [0.2, 0.25) is 0 Å². The number of hydrogen-bond donors (Lipinski definition) is 0. The number of thiophene rings is 1. The van der Waals surface area contributed by atoms with Crippen molar-refractivity contribution in [3.8, 4) is 0 Å². The Kier molecular flexibility index (Phi) is 3.24. The van der Waals surface area contributed by atoms with E-state index in [1.165, 1.54) is 32.4 Å². The van der Waals surface area contributed by atoms with Crippen LogP contribution in [0.25, 0.3) is 0 Å². The maximum Gasteiger partial charge on any atom is 0.0534 e. The van der Waals surface area contributed by atoms with Crippen LogP contribution < -0.4 is 0 Å². The fourth-order valence-corrected chi connectivity index (χ4v) is 3.65. The Morgan fingerprint density at radius 2 is 2.35 bits per heavy atom. The van der Waals surface area contributed by atoms with Crippen molar-refractivity contribution in [3.63, 3.8) is 0 Å². The molecule has 0 bridgehead atoms. The summed E-state index contributed by atoms with van der Waals surface area (Å²) in [5, 5.41) is 2.24. The molecule has 94 valence electrons. The van der Waals surface area contributed by atoms with Crippen molar-refractivity contribution in [2.45, 2.75) is 32.7 Å². The number of hydrogen-bond acceptors (Lipinski definition) is 3. The zero-order valence-corrected chi connectivity index (χ0v) is 11.4. The summed E-state index contributed by atoms with van der Waals surface area (Å²) in [5.74, 6) is 0. The highest BCUT2D eigenvalue weighted by molar-refractivity contribution is 7.10. The van der Waals surface area contributed by atoms with Gasteiger partial charge in [0.05, 0.1) is 6.61 Å². The van der Waals surface area contributed by atoms with Crippen LogP contribution in [0, 0.1) is 5.41 Å². The zero-order valence-electron chi connectivity index (χ0n) is 10.6. The molecule has 1 fully saturated rings. The lowest BCUT2D eigenvalue weighted by Gasteiger charge is -2.30. The van der Waals surface area contributed by atoms with E-state index in [-0.39, 0.29) is 0 Å². The van der Waals surface area contributed by atoms with Crippen molar-refractivity contribution in [3.05, 3.63) is 21.9 Å². The Morgan fingerprint density at radius 1 is 1.47 bits per heavy atom. The Labute approximate surface area is 108 Å². The summed E-state index contributed by atoms with van der Waals surface area (Å²) in [6.07, 6.45) is 3.97. The van der Waals surface area contributed by atoms with Gasteiger partial charge in [0.15, 0.2) is 0 Å². The highest BCUT2D eigenvalue weighted by Crippen LogP contribution is 2.47. The van der Waals surface area contributed by atoms with Gasteiger partial charge in [-0.15, -0.1) is 11.3 Å². The second kappa shape index (κ2) is 4.71. The summed E-state index contributed by atoms with van der Waals surface area (Å²) in [6, 6.07) is 2.30. The Hall–Kier alpha value is -0.380. The molecule has 1 saturated carbocycles. The molecule has 2 heterocycles. The van der Waals surface area contributed by atoms with Crippen LogP contribution in [0.4, 0.5) is 0 Å². The third-order valence-corrected chi connectivity index (χ3v) is 5.04. The van der Waals surface area contributed by atoms with E-state index in [9.17, 15) is 0 Å². The predicted octanol–water partition coefficient (Wildman–Crippen LogP) is 2.92. The maximum absolute atomic E-state index is 5.63. The van der Waals surface area contributed by atoms with Crippen LogP contribution in [0.5, 0.6) is 0 Å². The van der Waals surface area contributed by atoms with Crippen LogP contribution in [0.3, 0.4) is 0 Å². The maximum atomic E-state index is 5.63. The lowest BCUT2D eigenvalue weighted by molar-refractivity contribution is 0.0753. The fraction of sp³-hybridized carbons (Fsp3) is 0.714. The summed E-state index contributed by atoms with van der Waals surface area (Å²) in [7, 11) is 0. The van der Waals surface area contributed by atoms with Crippen molar-refractivity contribution in [1.29, 1.82) is 0 Å². The minimum Gasteiger partial charge on any atom is -0.381 e. The van der Waals surface area contributed by atoms with Gasteiger partial charge in [0.1, 0.15) is 0 Å². The number of nitrogens with zero attached hydrogens (tertiary/aromatic N) is 1. The first kappa shape index (κ1) is 11.7. The summed E-state index contributed by atoms with van der Waals surface area (Å²) in [5.41, 5.74) is 2.07. The molecule has 2 nitrogen and oxygen atoms in total. The van der Waals surface area contributed by atoms with E-state index in [0.29, 0.717) is 5.41 Å². The van der Waals surface area contributed by atoms with E-state index in [1.807, 2.05) is 11.3 Å². The van der Waals surface area contributed by atoms with Gasteiger partial charge in [-0.1, -0.05) is 0 Å². The van der Waals surface area contributed by atoms with Crippen molar-refractivity contribution in [2.24, 2.45) is 5.41 Å². The minimum atomic E-state index is 0.504. The molecule has 0 N–H and O–H groups in total. The van der Waals surface area contributed by atoms with Crippen molar-refractivity contribution >= 4 is 11.3 Å². The molecule has 3 rings (SSSR count). The number of fused-ring (bicyclic) bond motifs is 1. The molecule has 0 unspecified atom stereocenters. The molecule has 17 heavy (non-hydrogen) atoms. The van der Waals surface area contributed by atoms with Gasteiger partial charge in [-0.25, -0.2) is 0 Å². The Morgan fingerprint density at radius 3 is 3.12 bits per heavy atom. The first-order valence-electron chi connectivity index (χ1n) is 6.67. The predicted molar refractivity (Wildman–Crippen MR) is 71.5 cm³/mol. The van der Waals surface area contributed by atoms with E-state index in [4.69, 9.17) is 4.74 Å². The molecular weight excluding hydrogens is 230 g/mol. The average Bonchev–Trinajstić information content (AvgIpc) is 2.93. The average molecular weight is 251 g/mol. The van der Waals surface area contributed by atoms with Crippen LogP contribution in [-0.2, 0) is 17.7 Å². The first-order chi connectivity index (χ1) is 8.31. The summed E-state index contributed by atoms with van der Waals surface area (Å²) in [6.45, 7) is 7.55. The molecule has 2 aliphatic rings. The normalized spacial score (nSPS) is 22.4. The third kappa shape index (κ3) is 2.56. The SMILES string of the molecule is CCOCC1(CN2CCc3sccc3C2)CC1. The highest BCUT2D eigenvalue weighted by atomic mass is 32.1. The fourth-order valence-electron chi connectivity index (χ4n) is 2.76. The Bertz CT molecular complexity index is 383. The third-order valence-electron chi connectivity index (χ3n) is 4.02. The molecule has 3 heteroatoms. The summed E-state index contributed by atoms with van der Waals surface area (Å²) >= 11 is 1.92. The van der Waals surface area contributed by atoms with Gasteiger partial charge < -0.3 is 4.74 Å². The van der Waals surface area contributed by atoms with Crippen LogP contribution in [0.15, 0.2) is 11.4 Å². The molecule has 1 aromatic rings. The topological polar surface area (TPSA) is 12.5 Å². The summed E-state index contributed by atoms with van der Waals surface area (Å²) < 4.78 is 5.63. The van der Waals surface area contributed by atoms with Gasteiger partial charge >= 0.3 is 0 Å². The van der Waals surface area contributed by atoms with E-state index in [1.54, 1.807) is 10.4 Å². The standard InChI is InChI=1S/C14H21NOS/c1-2-16-11-14(5-6-14)10-15-7-3-13-12(9-15)4-8-17-13/h4,8H,2-3,5-7,9-11H2,1H3. The quantitative estimate of drug-likeness (QED) is 0.798.